The summed E-state index contributed by atoms with van der Waals surface area (Å²) in [7, 11) is 0. The molecule has 2 aromatic carbocycles. The molecule has 1 aliphatic rings. The molecule has 0 radical (unpaired) electrons. The van der Waals surface area contributed by atoms with Crippen molar-refractivity contribution >= 4 is 34.4 Å². The second kappa shape index (κ2) is 8.90. The number of para-hydroxylation sites is 2. The second-order valence-corrected chi connectivity index (χ2v) is 7.22. The van der Waals surface area contributed by atoms with E-state index in [0.717, 1.165) is 37.0 Å². The summed E-state index contributed by atoms with van der Waals surface area (Å²) in [6.07, 6.45) is 2.65. The first-order valence-corrected chi connectivity index (χ1v) is 10.2. The van der Waals surface area contributed by atoms with Gasteiger partial charge in [-0.3, -0.25) is 9.59 Å². The summed E-state index contributed by atoms with van der Waals surface area (Å²) in [5.74, 6) is 1.44. The van der Waals surface area contributed by atoms with E-state index in [1.165, 1.54) is 0 Å². The maximum absolute atomic E-state index is 12.5. The highest BCUT2D eigenvalue weighted by Gasteiger charge is 2.21. The van der Waals surface area contributed by atoms with Gasteiger partial charge in [0, 0.05) is 25.1 Å². The Hall–Kier alpha value is -3.48. The second-order valence-electron chi connectivity index (χ2n) is 7.22. The average Bonchev–Trinajstić information content (AvgIpc) is 3.32. The van der Waals surface area contributed by atoms with Crippen LogP contribution >= 0.6 is 0 Å². The number of ether oxygens (including phenoxy) is 1. The number of hydrogen-bond donors (Lipinski definition) is 1. The minimum atomic E-state index is -0.311. The number of anilines is 2. The van der Waals surface area contributed by atoms with Gasteiger partial charge in [0.15, 0.2) is 24.0 Å². The highest BCUT2D eigenvalue weighted by atomic mass is 16.5. The van der Waals surface area contributed by atoms with Gasteiger partial charge < -0.3 is 15.0 Å². The van der Waals surface area contributed by atoms with Crippen molar-refractivity contribution in [2.24, 2.45) is 0 Å². The first kappa shape index (κ1) is 19.8. The highest BCUT2D eigenvalue weighted by Crippen LogP contribution is 2.27. The maximum Gasteiger partial charge on any atom is 0.263 e. The summed E-state index contributed by atoms with van der Waals surface area (Å²) < 4.78 is 5.58. The fourth-order valence-corrected chi connectivity index (χ4v) is 3.48. The predicted molar refractivity (Wildman–Crippen MR) is 116 cm³/mol. The van der Waals surface area contributed by atoms with E-state index in [1.807, 2.05) is 31.2 Å². The first-order valence-electron chi connectivity index (χ1n) is 10.2. The number of carbonyl (C=O) groups excluding carboxylic acids is 2. The SMILES string of the molecule is CCC(=O)c1ccc(OCC(=O)Nc2nc3ccccc3nc2N2CCCC2)cc1. The van der Waals surface area contributed by atoms with Crippen LogP contribution in [0.15, 0.2) is 48.5 Å². The topological polar surface area (TPSA) is 84.4 Å². The zero-order valence-electron chi connectivity index (χ0n) is 16.9. The zero-order chi connectivity index (χ0) is 20.9. The summed E-state index contributed by atoms with van der Waals surface area (Å²) >= 11 is 0. The van der Waals surface area contributed by atoms with E-state index >= 15 is 0 Å². The first-order chi connectivity index (χ1) is 14.6. The van der Waals surface area contributed by atoms with Crippen LogP contribution in [-0.4, -0.2) is 41.4 Å². The van der Waals surface area contributed by atoms with Crippen molar-refractivity contribution in [3.63, 3.8) is 0 Å². The van der Waals surface area contributed by atoms with E-state index in [9.17, 15) is 9.59 Å². The normalized spacial score (nSPS) is 13.4. The Morgan fingerprint density at radius 2 is 1.67 bits per heavy atom. The number of Topliss-reactive ketones (excluding diaryl/α,β-unsaturated/α-hetero) is 1. The Labute approximate surface area is 175 Å². The van der Waals surface area contributed by atoms with Crippen molar-refractivity contribution < 1.29 is 14.3 Å². The van der Waals surface area contributed by atoms with Crippen molar-refractivity contribution in [3.05, 3.63) is 54.1 Å². The monoisotopic (exact) mass is 404 g/mol. The molecule has 0 atom stereocenters. The predicted octanol–water partition coefficient (Wildman–Crippen LogP) is 3.84. The molecule has 1 aromatic heterocycles. The molecule has 2 heterocycles. The van der Waals surface area contributed by atoms with E-state index in [2.05, 4.69) is 15.2 Å². The summed E-state index contributed by atoms with van der Waals surface area (Å²) in [4.78, 5) is 35.8. The van der Waals surface area contributed by atoms with Gasteiger partial charge in [-0.2, -0.15) is 0 Å². The number of hydrogen-bond acceptors (Lipinski definition) is 6. The lowest BCUT2D eigenvalue weighted by Crippen LogP contribution is -2.25. The van der Waals surface area contributed by atoms with Crippen molar-refractivity contribution in [1.82, 2.24) is 9.97 Å². The lowest BCUT2D eigenvalue weighted by atomic mass is 10.1. The third kappa shape index (κ3) is 4.40. The van der Waals surface area contributed by atoms with Crippen LogP contribution in [0.5, 0.6) is 5.75 Å². The molecule has 1 N–H and O–H groups in total. The number of nitrogens with one attached hydrogen (secondary N) is 1. The lowest BCUT2D eigenvalue weighted by Gasteiger charge is -2.20. The maximum atomic E-state index is 12.5. The van der Waals surface area contributed by atoms with Gasteiger partial charge in [0.2, 0.25) is 0 Å². The minimum Gasteiger partial charge on any atom is -0.484 e. The molecule has 1 fully saturated rings. The van der Waals surface area contributed by atoms with Gasteiger partial charge in [-0.05, 0) is 49.2 Å². The van der Waals surface area contributed by atoms with Crippen LogP contribution in [0.1, 0.15) is 36.5 Å². The Kier molecular flexibility index (Phi) is 5.88. The molecule has 0 spiro atoms. The number of aromatic nitrogens is 2. The van der Waals surface area contributed by atoms with Crippen LogP contribution in [0, 0.1) is 0 Å². The number of nitrogens with zero attached hydrogens (tertiary/aromatic N) is 3. The van der Waals surface area contributed by atoms with Gasteiger partial charge >= 0.3 is 0 Å². The molecule has 0 saturated carbocycles. The number of rotatable bonds is 7. The molecule has 3 aromatic rings. The van der Waals surface area contributed by atoms with Crippen LogP contribution in [0.2, 0.25) is 0 Å². The summed E-state index contributed by atoms with van der Waals surface area (Å²) in [5, 5.41) is 2.86. The lowest BCUT2D eigenvalue weighted by molar-refractivity contribution is -0.118. The van der Waals surface area contributed by atoms with Gasteiger partial charge in [-0.25, -0.2) is 9.97 Å². The molecule has 1 amide bonds. The fourth-order valence-electron chi connectivity index (χ4n) is 3.48. The molecule has 4 rings (SSSR count). The van der Waals surface area contributed by atoms with Gasteiger partial charge in [-0.1, -0.05) is 19.1 Å². The van der Waals surface area contributed by atoms with Gasteiger partial charge in [0.1, 0.15) is 5.75 Å². The number of carbonyl (C=O) groups is 2. The molecule has 1 saturated heterocycles. The van der Waals surface area contributed by atoms with Crippen LogP contribution in [0.25, 0.3) is 11.0 Å². The van der Waals surface area contributed by atoms with Crippen LogP contribution in [-0.2, 0) is 4.79 Å². The van der Waals surface area contributed by atoms with Crippen LogP contribution < -0.4 is 15.0 Å². The van der Waals surface area contributed by atoms with Crippen molar-refractivity contribution in [3.8, 4) is 5.75 Å². The summed E-state index contributed by atoms with van der Waals surface area (Å²) in [5.41, 5.74) is 2.17. The third-order valence-corrected chi connectivity index (χ3v) is 5.08. The van der Waals surface area contributed by atoms with Crippen LogP contribution in [0.4, 0.5) is 11.6 Å². The summed E-state index contributed by atoms with van der Waals surface area (Å²) in [6, 6.07) is 14.4. The Morgan fingerprint density at radius 1 is 1.00 bits per heavy atom. The number of benzene rings is 2. The molecule has 0 bridgehead atoms. The Balaban J connectivity index is 1.47. The number of ketones is 1. The van der Waals surface area contributed by atoms with Gasteiger partial charge in [0.05, 0.1) is 11.0 Å². The molecule has 30 heavy (non-hydrogen) atoms. The molecule has 154 valence electrons. The molecule has 1 aliphatic heterocycles. The van der Waals surface area contributed by atoms with E-state index in [4.69, 9.17) is 9.72 Å². The average molecular weight is 404 g/mol. The quantitative estimate of drug-likeness (QED) is 0.603. The largest absolute Gasteiger partial charge is 0.484 e. The number of fused-ring (bicyclic) bond motifs is 1. The van der Waals surface area contributed by atoms with Crippen LogP contribution in [0.3, 0.4) is 0 Å². The fraction of sp³-hybridized carbons (Fsp3) is 0.304. The van der Waals surface area contributed by atoms with Crippen molar-refractivity contribution in [1.29, 1.82) is 0 Å². The minimum absolute atomic E-state index is 0.0728. The zero-order valence-corrected chi connectivity index (χ0v) is 16.9. The molecular weight excluding hydrogens is 380 g/mol. The van der Waals surface area contributed by atoms with E-state index in [0.29, 0.717) is 29.4 Å². The van der Waals surface area contributed by atoms with E-state index in [-0.39, 0.29) is 18.3 Å². The van der Waals surface area contributed by atoms with Crippen molar-refractivity contribution in [2.45, 2.75) is 26.2 Å². The van der Waals surface area contributed by atoms with Gasteiger partial charge in [0.25, 0.3) is 5.91 Å². The molecule has 7 heteroatoms. The van der Waals surface area contributed by atoms with E-state index < -0.39 is 0 Å². The Bertz CT molecular complexity index is 1060. The molecule has 0 unspecified atom stereocenters. The molecule has 7 nitrogen and oxygen atoms in total. The highest BCUT2D eigenvalue weighted by molar-refractivity contribution is 5.96. The number of amides is 1. The standard InChI is InChI=1S/C23H24N4O3/c1-2-20(28)16-9-11-17(12-10-16)30-15-21(29)26-22-23(27-13-5-6-14-27)25-19-8-4-3-7-18(19)24-22/h3-4,7-12H,2,5-6,13-15H2,1H3,(H,24,26,29). The molecule has 0 aliphatic carbocycles. The smallest absolute Gasteiger partial charge is 0.263 e. The summed E-state index contributed by atoms with van der Waals surface area (Å²) in [6.45, 7) is 3.46. The Morgan fingerprint density at radius 3 is 2.33 bits per heavy atom. The van der Waals surface area contributed by atoms with Gasteiger partial charge in [-0.15, -0.1) is 0 Å². The van der Waals surface area contributed by atoms with E-state index in [1.54, 1.807) is 24.3 Å². The van der Waals surface area contributed by atoms with Crippen molar-refractivity contribution in [2.75, 3.05) is 29.9 Å². The molecular formula is C23H24N4O3. The third-order valence-electron chi connectivity index (χ3n) is 5.08.